The van der Waals surface area contributed by atoms with Crippen LogP contribution < -0.4 is 0 Å². The molecule has 0 spiro atoms. The van der Waals surface area contributed by atoms with Crippen LogP contribution in [0.1, 0.15) is 55.4 Å². The second-order valence-electron chi connectivity index (χ2n) is 6.24. The number of hydrogen-bond acceptors (Lipinski definition) is 3. The van der Waals surface area contributed by atoms with Gasteiger partial charge in [-0.25, -0.2) is 4.79 Å². The zero-order chi connectivity index (χ0) is 13.9. The number of carbonyl (C=O) groups excluding carboxylic acids is 1. The second kappa shape index (κ2) is 5.56. The molecule has 0 heterocycles. The van der Waals surface area contributed by atoms with Crippen LogP contribution in [0.15, 0.2) is 11.8 Å². The molecule has 0 aliphatic carbocycles. The minimum Gasteiger partial charge on any atom is -0.463 e. The third kappa shape index (κ3) is 5.24. The summed E-state index contributed by atoms with van der Waals surface area (Å²) in [6.45, 7) is 16.8. The maximum atomic E-state index is 11.6. The van der Waals surface area contributed by atoms with Crippen molar-refractivity contribution in [2.75, 3.05) is 6.61 Å². The molecule has 0 saturated heterocycles. The molecule has 0 aromatic carbocycles. The highest BCUT2D eigenvalue weighted by Gasteiger charge is 2.29. The Morgan fingerprint density at radius 3 is 1.82 bits per heavy atom. The van der Waals surface area contributed by atoms with Crippen molar-refractivity contribution < 1.29 is 9.53 Å². The van der Waals surface area contributed by atoms with Crippen molar-refractivity contribution in [2.45, 2.75) is 66.5 Å². The highest BCUT2D eigenvalue weighted by atomic mass is 16.5. The van der Waals surface area contributed by atoms with Crippen molar-refractivity contribution in [2.24, 2.45) is 0 Å². The van der Waals surface area contributed by atoms with E-state index in [1.165, 1.54) is 0 Å². The Morgan fingerprint density at radius 1 is 1.12 bits per heavy atom. The molecule has 3 nitrogen and oxygen atoms in total. The number of rotatable bonds is 3. The lowest BCUT2D eigenvalue weighted by molar-refractivity contribution is -0.138. The van der Waals surface area contributed by atoms with Gasteiger partial charge in [0.15, 0.2) is 0 Å². The highest BCUT2D eigenvalue weighted by Crippen LogP contribution is 2.26. The molecule has 0 N–H and O–H groups in total. The molecule has 0 aliphatic heterocycles. The van der Waals surface area contributed by atoms with Crippen LogP contribution in [0.25, 0.3) is 0 Å². The van der Waals surface area contributed by atoms with Crippen molar-refractivity contribution in [3.05, 3.63) is 11.8 Å². The number of nitrogens with zero attached hydrogens (tertiary/aromatic N) is 1. The molecule has 0 radical (unpaired) electrons. The Bertz CT molecular complexity index is 278. The number of esters is 1. The van der Waals surface area contributed by atoms with Gasteiger partial charge in [-0.05, 0) is 55.4 Å². The van der Waals surface area contributed by atoms with E-state index < -0.39 is 0 Å². The molecule has 17 heavy (non-hydrogen) atoms. The molecule has 0 unspecified atom stereocenters. The fourth-order valence-corrected chi connectivity index (χ4v) is 1.88. The summed E-state index contributed by atoms with van der Waals surface area (Å²) in [7, 11) is 0. The van der Waals surface area contributed by atoms with Crippen LogP contribution in [0, 0.1) is 0 Å². The lowest BCUT2D eigenvalue weighted by Crippen LogP contribution is -2.49. The predicted octanol–water partition coefficient (Wildman–Crippen LogP) is 3.35. The quantitative estimate of drug-likeness (QED) is 0.560. The minimum atomic E-state index is -0.244. The monoisotopic (exact) mass is 241 g/mol. The molecule has 0 rings (SSSR count). The largest absolute Gasteiger partial charge is 0.463 e. The van der Waals surface area contributed by atoms with Crippen molar-refractivity contribution in [1.82, 2.24) is 4.90 Å². The molecular weight excluding hydrogens is 214 g/mol. The smallest absolute Gasteiger partial charge is 0.335 e. The summed E-state index contributed by atoms with van der Waals surface area (Å²) >= 11 is 0. The first-order valence-electron chi connectivity index (χ1n) is 6.15. The zero-order valence-electron chi connectivity index (χ0n) is 12.5. The van der Waals surface area contributed by atoms with Gasteiger partial charge < -0.3 is 9.64 Å². The Kier molecular flexibility index (Phi) is 5.24. The summed E-state index contributed by atoms with van der Waals surface area (Å²) in [5, 5.41) is 0. The summed E-state index contributed by atoms with van der Waals surface area (Å²) < 4.78 is 5.00. The normalized spacial score (nSPS) is 13.5. The van der Waals surface area contributed by atoms with Crippen LogP contribution in [0.2, 0.25) is 0 Å². The summed E-state index contributed by atoms with van der Waals surface area (Å²) in [5.41, 5.74) is 0.564. The van der Waals surface area contributed by atoms with Gasteiger partial charge in [-0.3, -0.25) is 0 Å². The van der Waals surface area contributed by atoms with Crippen LogP contribution in [-0.2, 0) is 9.53 Å². The van der Waals surface area contributed by atoms with E-state index in [0.29, 0.717) is 12.2 Å². The molecular formula is C14H27NO2. The van der Waals surface area contributed by atoms with Gasteiger partial charge in [0.25, 0.3) is 0 Å². The molecule has 0 bridgehead atoms. The van der Waals surface area contributed by atoms with Gasteiger partial charge >= 0.3 is 5.97 Å². The van der Waals surface area contributed by atoms with Crippen molar-refractivity contribution in [1.29, 1.82) is 0 Å². The topological polar surface area (TPSA) is 29.5 Å². The lowest BCUT2D eigenvalue weighted by atomic mass is 9.96. The standard InChI is InChI=1S/C14H27NO2/c1-9-17-12(16)11(2)10-15(13(3,4)5)14(6,7)8/h10H,9H2,1-8H3. The lowest BCUT2D eigenvalue weighted by Gasteiger charge is -2.45. The van der Waals surface area contributed by atoms with Gasteiger partial charge in [-0.15, -0.1) is 0 Å². The van der Waals surface area contributed by atoms with Crippen LogP contribution in [0.3, 0.4) is 0 Å². The molecule has 0 amide bonds. The molecule has 100 valence electrons. The Labute approximate surface area is 106 Å². The molecule has 0 aromatic heterocycles. The maximum Gasteiger partial charge on any atom is 0.335 e. The second-order valence-corrected chi connectivity index (χ2v) is 6.24. The third-order valence-electron chi connectivity index (χ3n) is 2.37. The van der Waals surface area contributed by atoms with Gasteiger partial charge in [0.1, 0.15) is 0 Å². The molecule has 0 fully saturated rings. The first-order valence-corrected chi connectivity index (χ1v) is 6.15. The van der Waals surface area contributed by atoms with Gasteiger partial charge in [-0.2, -0.15) is 0 Å². The van der Waals surface area contributed by atoms with Gasteiger partial charge in [0.2, 0.25) is 0 Å². The van der Waals surface area contributed by atoms with Crippen molar-refractivity contribution in [3.63, 3.8) is 0 Å². The maximum absolute atomic E-state index is 11.6. The summed E-state index contributed by atoms with van der Waals surface area (Å²) in [5.74, 6) is -0.244. The molecule has 0 aromatic rings. The fourth-order valence-electron chi connectivity index (χ4n) is 1.88. The summed E-state index contributed by atoms with van der Waals surface area (Å²) in [6.07, 6.45) is 1.90. The first-order chi connectivity index (χ1) is 7.50. The Morgan fingerprint density at radius 2 is 1.53 bits per heavy atom. The van der Waals surface area contributed by atoms with E-state index in [9.17, 15) is 4.79 Å². The van der Waals surface area contributed by atoms with Crippen LogP contribution in [-0.4, -0.2) is 28.6 Å². The molecule has 3 heteroatoms. The van der Waals surface area contributed by atoms with Crippen LogP contribution >= 0.6 is 0 Å². The SMILES string of the molecule is CCOC(=O)C(C)=CN(C(C)(C)C)C(C)(C)C. The summed E-state index contributed by atoms with van der Waals surface area (Å²) in [4.78, 5) is 13.8. The van der Waals surface area contributed by atoms with Crippen molar-refractivity contribution >= 4 is 5.97 Å². The van der Waals surface area contributed by atoms with Gasteiger partial charge in [0, 0.05) is 22.9 Å². The first kappa shape index (κ1) is 16.0. The number of ether oxygens (including phenoxy) is 1. The molecule has 0 aliphatic rings. The Balaban J connectivity index is 5.12. The van der Waals surface area contributed by atoms with E-state index in [-0.39, 0.29) is 17.0 Å². The number of carbonyl (C=O) groups is 1. The summed E-state index contributed by atoms with van der Waals surface area (Å²) in [6, 6.07) is 0. The minimum absolute atomic E-state index is 0.0357. The fraction of sp³-hybridized carbons (Fsp3) is 0.786. The number of hydrogen-bond donors (Lipinski definition) is 0. The highest BCUT2D eigenvalue weighted by molar-refractivity contribution is 5.87. The van der Waals surface area contributed by atoms with Crippen LogP contribution in [0.4, 0.5) is 0 Å². The predicted molar refractivity (Wildman–Crippen MR) is 71.7 cm³/mol. The Hall–Kier alpha value is -0.990. The van der Waals surface area contributed by atoms with Crippen molar-refractivity contribution in [3.8, 4) is 0 Å². The van der Waals surface area contributed by atoms with E-state index in [1.807, 2.05) is 13.1 Å². The zero-order valence-corrected chi connectivity index (χ0v) is 12.5. The average Bonchev–Trinajstić information content (AvgIpc) is 2.10. The van der Waals surface area contributed by atoms with Crippen LogP contribution in [0.5, 0.6) is 0 Å². The van der Waals surface area contributed by atoms with Gasteiger partial charge in [0.05, 0.1) is 6.61 Å². The van der Waals surface area contributed by atoms with Gasteiger partial charge in [-0.1, -0.05) is 0 Å². The third-order valence-corrected chi connectivity index (χ3v) is 2.37. The van der Waals surface area contributed by atoms with E-state index >= 15 is 0 Å². The van der Waals surface area contributed by atoms with E-state index in [4.69, 9.17) is 4.74 Å². The molecule has 0 saturated carbocycles. The molecule has 0 atom stereocenters. The average molecular weight is 241 g/mol. The van der Waals surface area contributed by atoms with E-state index in [2.05, 4.69) is 46.4 Å². The van der Waals surface area contributed by atoms with E-state index in [0.717, 1.165) is 0 Å². The van der Waals surface area contributed by atoms with E-state index in [1.54, 1.807) is 6.92 Å².